The van der Waals surface area contributed by atoms with Crippen LogP contribution in [0, 0.1) is 0 Å². The molecule has 0 aliphatic rings. The second-order valence-corrected chi connectivity index (χ2v) is 4.84. The van der Waals surface area contributed by atoms with Crippen molar-refractivity contribution in [3.05, 3.63) is 35.9 Å². The van der Waals surface area contributed by atoms with Crippen LogP contribution in [0.25, 0.3) is 0 Å². The second-order valence-electron chi connectivity index (χ2n) is 4.84. The molecule has 0 radical (unpaired) electrons. The molecule has 2 unspecified atom stereocenters. The minimum atomic E-state index is -4.92. The van der Waals surface area contributed by atoms with Crippen molar-refractivity contribution in [1.29, 1.82) is 0 Å². The highest BCUT2D eigenvalue weighted by Crippen LogP contribution is 2.38. The Morgan fingerprint density at radius 2 is 1.90 bits per heavy atom. The van der Waals surface area contributed by atoms with Crippen molar-refractivity contribution in [2.24, 2.45) is 5.73 Å². The standard InChI is InChI=1S/C14H19F3N2O2/c1-2-6-11(18)12(20)19-9-13(21,14(15,16)17)10-7-4-3-5-8-10/h3-5,7-8,11,21H,2,6,9,18H2,1H3,(H,19,20). The minimum absolute atomic E-state index is 0.332. The lowest BCUT2D eigenvalue weighted by molar-refractivity contribution is -0.264. The van der Waals surface area contributed by atoms with Crippen molar-refractivity contribution < 1.29 is 23.1 Å². The maximum atomic E-state index is 13.2. The van der Waals surface area contributed by atoms with E-state index in [4.69, 9.17) is 5.73 Å². The number of carbonyl (C=O) groups excluding carboxylic acids is 1. The molecule has 2 atom stereocenters. The predicted molar refractivity (Wildman–Crippen MR) is 72.3 cm³/mol. The summed E-state index contributed by atoms with van der Waals surface area (Å²) in [5.41, 5.74) is 2.06. The van der Waals surface area contributed by atoms with Crippen molar-refractivity contribution in [3.8, 4) is 0 Å². The van der Waals surface area contributed by atoms with Crippen LogP contribution in [-0.4, -0.2) is 29.8 Å². The molecule has 118 valence electrons. The molecule has 1 aromatic rings. The van der Waals surface area contributed by atoms with E-state index in [0.29, 0.717) is 12.8 Å². The Hall–Kier alpha value is -1.60. The summed E-state index contributed by atoms with van der Waals surface area (Å²) in [5.74, 6) is -0.713. The SMILES string of the molecule is CCCC(N)C(=O)NCC(O)(c1ccccc1)C(F)(F)F. The quantitative estimate of drug-likeness (QED) is 0.748. The molecule has 0 saturated carbocycles. The van der Waals surface area contributed by atoms with Crippen LogP contribution in [-0.2, 0) is 10.4 Å². The molecule has 7 heteroatoms. The van der Waals surface area contributed by atoms with E-state index in [2.05, 4.69) is 5.32 Å². The van der Waals surface area contributed by atoms with Gasteiger partial charge in [0.05, 0.1) is 12.6 Å². The topological polar surface area (TPSA) is 75.4 Å². The zero-order chi connectivity index (χ0) is 16.1. The summed E-state index contributed by atoms with van der Waals surface area (Å²) in [6.07, 6.45) is -3.92. The number of benzene rings is 1. The Kier molecular flexibility index (Phi) is 5.74. The fourth-order valence-electron chi connectivity index (χ4n) is 1.87. The van der Waals surface area contributed by atoms with Gasteiger partial charge < -0.3 is 16.2 Å². The molecule has 0 bridgehead atoms. The molecule has 4 nitrogen and oxygen atoms in total. The van der Waals surface area contributed by atoms with E-state index in [9.17, 15) is 23.1 Å². The fourth-order valence-corrected chi connectivity index (χ4v) is 1.87. The van der Waals surface area contributed by atoms with Gasteiger partial charge in [-0.15, -0.1) is 0 Å². The second kappa shape index (κ2) is 6.91. The molecular formula is C14H19F3N2O2. The zero-order valence-corrected chi connectivity index (χ0v) is 11.7. The maximum Gasteiger partial charge on any atom is 0.423 e. The highest BCUT2D eigenvalue weighted by Gasteiger charge is 2.55. The van der Waals surface area contributed by atoms with Gasteiger partial charge in [-0.1, -0.05) is 43.7 Å². The van der Waals surface area contributed by atoms with Crippen LogP contribution in [0.2, 0.25) is 0 Å². The third-order valence-corrected chi connectivity index (χ3v) is 3.18. The van der Waals surface area contributed by atoms with Gasteiger partial charge in [0.15, 0.2) is 0 Å². The summed E-state index contributed by atoms with van der Waals surface area (Å²) in [4.78, 5) is 11.6. The molecule has 1 rings (SSSR count). The van der Waals surface area contributed by atoms with Crippen molar-refractivity contribution in [2.45, 2.75) is 37.6 Å². The Balaban J connectivity index is 2.89. The van der Waals surface area contributed by atoms with Crippen LogP contribution in [0.15, 0.2) is 30.3 Å². The monoisotopic (exact) mass is 304 g/mol. The van der Waals surface area contributed by atoms with E-state index in [1.54, 1.807) is 0 Å². The smallest absolute Gasteiger partial charge is 0.375 e. The number of carbonyl (C=O) groups is 1. The molecule has 0 saturated heterocycles. The van der Waals surface area contributed by atoms with Gasteiger partial charge in [0.1, 0.15) is 0 Å². The van der Waals surface area contributed by atoms with E-state index in [-0.39, 0.29) is 5.56 Å². The van der Waals surface area contributed by atoms with Crippen LogP contribution >= 0.6 is 0 Å². The van der Waals surface area contributed by atoms with Crippen LogP contribution in [0.4, 0.5) is 13.2 Å². The Labute approximate surface area is 121 Å². The van der Waals surface area contributed by atoms with E-state index < -0.39 is 30.3 Å². The highest BCUT2D eigenvalue weighted by molar-refractivity contribution is 5.81. The zero-order valence-electron chi connectivity index (χ0n) is 11.7. The molecular weight excluding hydrogens is 285 g/mol. The number of amides is 1. The van der Waals surface area contributed by atoms with Crippen molar-refractivity contribution in [2.75, 3.05) is 6.54 Å². The first-order valence-corrected chi connectivity index (χ1v) is 6.60. The van der Waals surface area contributed by atoms with Gasteiger partial charge in [0.25, 0.3) is 0 Å². The summed E-state index contributed by atoms with van der Waals surface area (Å²) in [7, 11) is 0. The number of nitrogens with two attached hydrogens (primary N) is 1. The molecule has 21 heavy (non-hydrogen) atoms. The van der Waals surface area contributed by atoms with Gasteiger partial charge in [-0.2, -0.15) is 13.2 Å². The Morgan fingerprint density at radius 3 is 2.38 bits per heavy atom. The summed E-state index contributed by atoms with van der Waals surface area (Å²) in [5, 5.41) is 12.1. The maximum absolute atomic E-state index is 13.2. The number of hydrogen-bond acceptors (Lipinski definition) is 3. The molecule has 0 aliphatic heterocycles. The third kappa shape index (κ3) is 4.18. The largest absolute Gasteiger partial charge is 0.423 e. The van der Waals surface area contributed by atoms with Crippen LogP contribution in [0.5, 0.6) is 0 Å². The van der Waals surface area contributed by atoms with Gasteiger partial charge in [-0.25, -0.2) is 0 Å². The van der Waals surface area contributed by atoms with Crippen LogP contribution in [0.3, 0.4) is 0 Å². The number of hydrogen-bond donors (Lipinski definition) is 3. The summed E-state index contributed by atoms with van der Waals surface area (Å²) in [6, 6.07) is 5.74. The van der Waals surface area contributed by atoms with Crippen molar-refractivity contribution in [3.63, 3.8) is 0 Å². The highest BCUT2D eigenvalue weighted by atomic mass is 19.4. The third-order valence-electron chi connectivity index (χ3n) is 3.18. The fraction of sp³-hybridized carbons (Fsp3) is 0.500. The molecule has 1 amide bonds. The molecule has 0 heterocycles. The number of halogens is 3. The van der Waals surface area contributed by atoms with Gasteiger partial charge in [-0.05, 0) is 12.0 Å². The molecule has 0 fully saturated rings. The lowest BCUT2D eigenvalue weighted by Crippen LogP contribution is -2.53. The normalized spacial score (nSPS) is 16.1. The number of rotatable bonds is 6. The number of alkyl halides is 3. The summed E-state index contributed by atoms with van der Waals surface area (Å²) in [6.45, 7) is 0.833. The molecule has 0 aliphatic carbocycles. The lowest BCUT2D eigenvalue weighted by atomic mass is 9.93. The van der Waals surface area contributed by atoms with E-state index in [1.807, 2.05) is 6.92 Å². The molecule has 1 aromatic carbocycles. The average Bonchev–Trinajstić information content (AvgIpc) is 2.44. The van der Waals surface area contributed by atoms with Gasteiger partial charge in [0, 0.05) is 0 Å². The van der Waals surface area contributed by atoms with Gasteiger partial charge in [0.2, 0.25) is 11.5 Å². The molecule has 0 aromatic heterocycles. The summed E-state index contributed by atoms with van der Waals surface area (Å²) >= 11 is 0. The number of aliphatic hydroxyl groups is 1. The van der Waals surface area contributed by atoms with Crippen molar-refractivity contribution >= 4 is 5.91 Å². The van der Waals surface area contributed by atoms with Crippen LogP contribution in [0.1, 0.15) is 25.3 Å². The Morgan fingerprint density at radius 1 is 1.33 bits per heavy atom. The van der Waals surface area contributed by atoms with Crippen molar-refractivity contribution in [1.82, 2.24) is 5.32 Å². The molecule has 4 N–H and O–H groups in total. The lowest BCUT2D eigenvalue weighted by Gasteiger charge is -2.31. The van der Waals surface area contributed by atoms with E-state index in [1.165, 1.54) is 18.2 Å². The van der Waals surface area contributed by atoms with E-state index in [0.717, 1.165) is 12.1 Å². The number of nitrogens with one attached hydrogen (secondary N) is 1. The minimum Gasteiger partial charge on any atom is -0.375 e. The predicted octanol–water partition coefficient (Wildman–Crippen LogP) is 1.68. The van der Waals surface area contributed by atoms with Gasteiger partial charge in [-0.3, -0.25) is 4.79 Å². The van der Waals surface area contributed by atoms with E-state index >= 15 is 0 Å². The first kappa shape index (κ1) is 17.5. The van der Waals surface area contributed by atoms with Gasteiger partial charge >= 0.3 is 6.18 Å². The summed E-state index contributed by atoms with van der Waals surface area (Å²) < 4.78 is 39.5. The first-order valence-electron chi connectivity index (χ1n) is 6.60. The van der Waals surface area contributed by atoms with Crippen LogP contribution < -0.4 is 11.1 Å². The molecule has 0 spiro atoms. The first-order chi connectivity index (χ1) is 9.72. The Bertz CT molecular complexity index is 465. The average molecular weight is 304 g/mol.